The molecule has 0 aliphatic carbocycles. The average Bonchev–Trinajstić information content (AvgIpc) is 2.32. The molecule has 25 heavy (non-hydrogen) atoms. The van der Waals surface area contributed by atoms with Crippen LogP contribution < -0.4 is 10.6 Å². The molecule has 0 aliphatic rings. The lowest BCUT2D eigenvalue weighted by atomic mass is 9.80. The van der Waals surface area contributed by atoms with Crippen molar-refractivity contribution in [1.29, 1.82) is 0 Å². The van der Waals surface area contributed by atoms with Crippen LogP contribution in [-0.4, -0.2) is 50.9 Å². The van der Waals surface area contributed by atoms with E-state index in [1.165, 1.54) is 0 Å². The summed E-state index contributed by atoms with van der Waals surface area (Å²) < 4.78 is 19.9. The second-order valence-electron chi connectivity index (χ2n) is 9.16. The lowest BCUT2D eigenvalue weighted by Gasteiger charge is -2.43. The summed E-state index contributed by atoms with van der Waals surface area (Å²) in [6, 6.07) is 7.23. The van der Waals surface area contributed by atoms with Crippen molar-refractivity contribution >= 4 is 51.5 Å². The highest BCUT2D eigenvalue weighted by atomic mass is 28.5. The molecule has 2 N–H and O–H groups in total. The second-order valence-corrected chi connectivity index (χ2v) is 25.9. The maximum Gasteiger partial charge on any atom is 0.505 e. The van der Waals surface area contributed by atoms with E-state index in [0.29, 0.717) is 10.6 Å². The average molecular weight is 417 g/mol. The number of rotatable bonds is 8. The summed E-state index contributed by atoms with van der Waals surface area (Å²) in [5.74, 6) is 0. The molecule has 0 bridgehead atoms. The third-order valence-corrected chi connectivity index (χ3v) is 14.6. The molecule has 1 aromatic rings. The topological polar surface area (TPSA) is 68.2 Å². The number of hydrogen-bond acceptors (Lipinski definition) is 5. The fourth-order valence-corrected chi connectivity index (χ4v) is 15.9. The summed E-state index contributed by atoms with van der Waals surface area (Å²) in [5, 5.41) is 20.5. The van der Waals surface area contributed by atoms with E-state index in [1.54, 1.807) is 12.1 Å². The minimum atomic E-state index is -3.32. The highest BCUT2D eigenvalue weighted by molar-refractivity contribution is 6.97. The molecule has 0 saturated carbocycles. The highest BCUT2D eigenvalue weighted by Gasteiger charge is 2.53. The second kappa shape index (κ2) is 7.91. The zero-order valence-electron chi connectivity index (χ0n) is 17.0. The predicted octanol–water partition coefficient (Wildman–Crippen LogP) is 2.07. The van der Waals surface area contributed by atoms with Gasteiger partial charge in [0.2, 0.25) is 0 Å². The molecule has 0 radical (unpaired) electrons. The maximum atomic E-state index is 9.91. The largest absolute Gasteiger partial charge is 0.505 e. The van der Waals surface area contributed by atoms with E-state index in [4.69, 9.17) is 12.3 Å². The fourth-order valence-electron chi connectivity index (χ4n) is 2.44. The van der Waals surface area contributed by atoms with Crippen molar-refractivity contribution in [2.75, 3.05) is 0 Å². The van der Waals surface area contributed by atoms with Crippen LogP contribution in [0.1, 0.15) is 0 Å². The van der Waals surface area contributed by atoms with Gasteiger partial charge < -0.3 is 22.4 Å². The molecule has 0 aliphatic heterocycles. The van der Waals surface area contributed by atoms with E-state index in [1.807, 2.05) is 12.1 Å². The molecular weight excluding hydrogens is 383 g/mol. The maximum absolute atomic E-state index is 9.91. The van der Waals surface area contributed by atoms with E-state index < -0.39 is 40.9 Å². The first-order valence-electron chi connectivity index (χ1n) is 8.61. The Morgan fingerprint density at radius 1 is 0.680 bits per heavy atom. The predicted molar refractivity (Wildman–Crippen MR) is 115 cm³/mol. The van der Waals surface area contributed by atoms with Crippen LogP contribution in [0.3, 0.4) is 0 Å². The van der Waals surface area contributed by atoms with Gasteiger partial charge in [0.15, 0.2) is 25.0 Å². The van der Waals surface area contributed by atoms with Gasteiger partial charge in [-0.2, -0.15) is 0 Å². The van der Waals surface area contributed by atoms with Crippen molar-refractivity contribution in [3.63, 3.8) is 0 Å². The first kappa shape index (κ1) is 23.0. The Labute approximate surface area is 157 Å². The first-order valence-corrected chi connectivity index (χ1v) is 20.6. The smallest absolute Gasteiger partial charge is 0.423 e. The molecule has 0 atom stereocenters. The van der Waals surface area contributed by atoms with E-state index in [0.717, 1.165) is 0 Å². The standard InChI is InChI=1S/C15H33BO5Si4/c1-22(2,3)19-25(20-23(4,5)6,21-24(7,8)9)15-13-11-10-12-14(15)16(17)18/h10-13,17-18H,1-9H3. The molecule has 0 amide bonds. The van der Waals surface area contributed by atoms with Crippen molar-refractivity contribution in [1.82, 2.24) is 0 Å². The summed E-state index contributed by atoms with van der Waals surface area (Å²) in [7, 11) is -11.0. The first-order chi connectivity index (χ1) is 11.0. The molecule has 0 heterocycles. The van der Waals surface area contributed by atoms with Crippen LogP contribution >= 0.6 is 0 Å². The van der Waals surface area contributed by atoms with Crippen LogP contribution in [-0.2, 0) is 12.3 Å². The van der Waals surface area contributed by atoms with Crippen molar-refractivity contribution in [2.45, 2.75) is 58.9 Å². The molecule has 142 valence electrons. The van der Waals surface area contributed by atoms with Gasteiger partial charge in [-0.3, -0.25) is 0 Å². The molecule has 10 heteroatoms. The summed E-state index contributed by atoms with van der Waals surface area (Å²) in [6.45, 7) is 18.9. The Bertz CT molecular complexity index is 538. The SMILES string of the molecule is C[Si](C)(C)O[Si](O[Si](C)(C)C)(O[Si](C)(C)C)c1ccccc1B(O)O. The third-order valence-electron chi connectivity index (χ3n) is 2.89. The van der Waals surface area contributed by atoms with Gasteiger partial charge in [0, 0.05) is 5.19 Å². The molecule has 0 spiro atoms. The van der Waals surface area contributed by atoms with Crippen molar-refractivity contribution in [2.24, 2.45) is 0 Å². The molecule has 0 fully saturated rings. The van der Waals surface area contributed by atoms with Gasteiger partial charge in [0.1, 0.15) is 0 Å². The van der Waals surface area contributed by atoms with Gasteiger partial charge in [-0.25, -0.2) is 0 Å². The summed E-state index contributed by atoms with van der Waals surface area (Å²) in [5.41, 5.74) is 0.406. The zero-order chi connectivity index (χ0) is 19.7. The zero-order valence-corrected chi connectivity index (χ0v) is 21.0. The molecular formula is C15H33BO5Si4. The van der Waals surface area contributed by atoms with Gasteiger partial charge in [-0.05, 0) is 64.4 Å². The Balaban J connectivity index is 3.68. The summed E-state index contributed by atoms with van der Waals surface area (Å²) in [4.78, 5) is 0. The van der Waals surface area contributed by atoms with E-state index >= 15 is 0 Å². The minimum Gasteiger partial charge on any atom is -0.423 e. The van der Waals surface area contributed by atoms with Crippen LogP contribution in [0.15, 0.2) is 24.3 Å². The summed E-state index contributed by atoms with van der Waals surface area (Å²) in [6.07, 6.45) is 0. The Morgan fingerprint density at radius 3 is 1.36 bits per heavy atom. The molecule has 1 aromatic carbocycles. The normalized spacial score (nSPS) is 13.9. The van der Waals surface area contributed by atoms with Crippen LogP contribution in [0, 0.1) is 0 Å². The number of hydrogen-bond donors (Lipinski definition) is 2. The van der Waals surface area contributed by atoms with Gasteiger partial charge in [0.05, 0.1) is 0 Å². The Morgan fingerprint density at radius 2 is 1.04 bits per heavy atom. The lowest BCUT2D eigenvalue weighted by molar-refractivity contribution is 0.273. The van der Waals surface area contributed by atoms with Crippen molar-refractivity contribution < 1.29 is 22.4 Å². The van der Waals surface area contributed by atoms with E-state index in [9.17, 15) is 10.0 Å². The molecule has 0 unspecified atom stereocenters. The van der Waals surface area contributed by atoms with Crippen LogP contribution in [0.2, 0.25) is 58.9 Å². The fraction of sp³-hybridized carbons (Fsp3) is 0.600. The molecule has 0 aromatic heterocycles. The van der Waals surface area contributed by atoms with Crippen LogP contribution in [0.5, 0.6) is 0 Å². The van der Waals surface area contributed by atoms with Gasteiger partial charge in [0.25, 0.3) is 0 Å². The third kappa shape index (κ3) is 7.61. The molecule has 0 saturated heterocycles. The van der Waals surface area contributed by atoms with Gasteiger partial charge in [-0.1, -0.05) is 24.3 Å². The quantitative estimate of drug-likeness (QED) is 0.635. The van der Waals surface area contributed by atoms with Crippen molar-refractivity contribution in [3.8, 4) is 0 Å². The monoisotopic (exact) mass is 416 g/mol. The van der Waals surface area contributed by atoms with Crippen molar-refractivity contribution in [3.05, 3.63) is 24.3 Å². The Hall–Kier alpha value is -0.0475. The Kier molecular flexibility index (Phi) is 7.27. The minimum absolute atomic E-state index is 0.406. The number of benzene rings is 1. The van der Waals surface area contributed by atoms with Crippen LogP contribution in [0.4, 0.5) is 0 Å². The van der Waals surface area contributed by atoms with E-state index in [2.05, 4.69) is 58.9 Å². The lowest BCUT2D eigenvalue weighted by Crippen LogP contribution is -2.71. The van der Waals surface area contributed by atoms with Crippen LogP contribution in [0.25, 0.3) is 0 Å². The van der Waals surface area contributed by atoms with E-state index in [-0.39, 0.29) is 0 Å². The molecule has 5 nitrogen and oxygen atoms in total. The highest BCUT2D eigenvalue weighted by Crippen LogP contribution is 2.25. The van der Waals surface area contributed by atoms with Gasteiger partial charge in [-0.15, -0.1) is 0 Å². The summed E-state index contributed by atoms with van der Waals surface area (Å²) >= 11 is 0. The molecule has 1 rings (SSSR count). The van der Waals surface area contributed by atoms with Gasteiger partial charge >= 0.3 is 15.9 Å².